The number of guanidine groups is 1. The third kappa shape index (κ3) is 6.96. The van der Waals surface area contributed by atoms with E-state index in [0.717, 1.165) is 11.3 Å². The highest BCUT2D eigenvalue weighted by Crippen LogP contribution is 2.17. The second kappa shape index (κ2) is 8.48. The van der Waals surface area contributed by atoms with Gasteiger partial charge in [0, 0.05) is 18.7 Å². The van der Waals surface area contributed by atoms with Gasteiger partial charge in [-0.05, 0) is 13.0 Å². The average Bonchev–Trinajstić information content (AvgIpc) is 2.43. The summed E-state index contributed by atoms with van der Waals surface area (Å²) < 4.78 is 27.0. The fourth-order valence-electron chi connectivity index (χ4n) is 1.65. The highest BCUT2D eigenvalue weighted by atomic mass is 32.2. The number of benzene rings is 1. The predicted molar refractivity (Wildman–Crippen MR) is 83.8 cm³/mol. The maximum Gasteiger partial charge on any atom is 0.210 e. The molecule has 0 heterocycles. The third-order valence-electron chi connectivity index (χ3n) is 2.62. The lowest BCUT2D eigenvalue weighted by Crippen LogP contribution is -2.40. The zero-order valence-corrected chi connectivity index (χ0v) is 13.1. The Kier molecular flexibility index (Phi) is 6.97. The summed E-state index contributed by atoms with van der Waals surface area (Å²) in [7, 11) is -1.87. The Morgan fingerprint density at radius 2 is 2.05 bits per heavy atom. The van der Waals surface area contributed by atoms with Crippen LogP contribution in [0.3, 0.4) is 0 Å². The Labute approximate surface area is 125 Å². The molecule has 4 N–H and O–H groups in total. The lowest BCUT2D eigenvalue weighted by atomic mass is 10.2. The number of ether oxygens (including phenoxy) is 1. The Balaban J connectivity index is 2.66. The smallest absolute Gasteiger partial charge is 0.210 e. The fourth-order valence-corrected chi connectivity index (χ4v) is 2.04. The largest absolute Gasteiger partial charge is 0.496 e. The maximum atomic E-state index is 10.9. The predicted octanol–water partition coefficient (Wildman–Crippen LogP) is 0.0388. The van der Waals surface area contributed by atoms with Crippen LogP contribution in [0.5, 0.6) is 5.75 Å². The molecular weight excluding hydrogens is 292 g/mol. The summed E-state index contributed by atoms with van der Waals surface area (Å²) in [6.45, 7) is 3.23. The van der Waals surface area contributed by atoms with Crippen molar-refractivity contribution in [2.45, 2.75) is 13.5 Å². The number of hydrogen-bond donors (Lipinski definition) is 3. The standard InChI is InChI=1S/C13H22N4O3S/c1-3-15-13(16-8-9-21(14,18)19)17-10-11-6-4-5-7-12(11)20-2/h4-7H,3,8-10H2,1-2H3,(H2,14,18,19)(H2,15,16,17). The molecule has 0 amide bonds. The van der Waals surface area contributed by atoms with Crippen molar-refractivity contribution in [1.82, 2.24) is 10.6 Å². The van der Waals surface area contributed by atoms with Gasteiger partial charge in [0.25, 0.3) is 0 Å². The van der Waals surface area contributed by atoms with Crippen molar-refractivity contribution < 1.29 is 13.2 Å². The normalized spacial score (nSPS) is 12.0. The van der Waals surface area contributed by atoms with Gasteiger partial charge in [-0.15, -0.1) is 0 Å². The van der Waals surface area contributed by atoms with Crippen molar-refractivity contribution in [2.75, 3.05) is 26.0 Å². The van der Waals surface area contributed by atoms with Crippen LogP contribution in [0.25, 0.3) is 0 Å². The van der Waals surface area contributed by atoms with Gasteiger partial charge in [0.05, 0.1) is 19.4 Å². The van der Waals surface area contributed by atoms with Crippen LogP contribution in [-0.2, 0) is 16.6 Å². The van der Waals surface area contributed by atoms with Crippen molar-refractivity contribution in [3.63, 3.8) is 0 Å². The van der Waals surface area contributed by atoms with Crippen LogP contribution in [0.4, 0.5) is 0 Å². The van der Waals surface area contributed by atoms with Crippen molar-refractivity contribution in [3.8, 4) is 5.75 Å². The van der Waals surface area contributed by atoms with Crippen LogP contribution in [0, 0.1) is 0 Å². The van der Waals surface area contributed by atoms with E-state index in [1.165, 1.54) is 0 Å². The fraction of sp³-hybridized carbons (Fsp3) is 0.462. The number of sulfonamides is 1. The number of para-hydroxylation sites is 1. The van der Waals surface area contributed by atoms with E-state index < -0.39 is 10.0 Å². The number of nitrogens with two attached hydrogens (primary N) is 1. The summed E-state index contributed by atoms with van der Waals surface area (Å²) in [6, 6.07) is 7.60. The van der Waals surface area contributed by atoms with Gasteiger partial charge in [-0.1, -0.05) is 18.2 Å². The number of primary sulfonamides is 1. The molecule has 0 radical (unpaired) electrons. The quantitative estimate of drug-likeness (QED) is 0.487. The minimum absolute atomic E-state index is 0.147. The second-order valence-corrected chi connectivity index (χ2v) is 6.03. The molecule has 0 aliphatic rings. The van der Waals surface area contributed by atoms with Gasteiger partial charge >= 0.3 is 0 Å². The molecule has 0 aliphatic carbocycles. The van der Waals surface area contributed by atoms with E-state index in [1.807, 2.05) is 31.2 Å². The second-order valence-electron chi connectivity index (χ2n) is 4.30. The monoisotopic (exact) mass is 314 g/mol. The average molecular weight is 314 g/mol. The first-order chi connectivity index (χ1) is 9.96. The number of methoxy groups -OCH3 is 1. The molecule has 0 saturated heterocycles. The Hall–Kier alpha value is -1.80. The van der Waals surface area contributed by atoms with Crippen molar-refractivity contribution >= 4 is 16.0 Å². The molecule has 7 nitrogen and oxygen atoms in total. The van der Waals surface area contributed by atoms with Gasteiger partial charge in [-0.25, -0.2) is 18.5 Å². The van der Waals surface area contributed by atoms with E-state index in [1.54, 1.807) is 7.11 Å². The molecule has 21 heavy (non-hydrogen) atoms. The molecule has 1 rings (SSSR count). The number of aliphatic imine (C=N–C) groups is 1. The lowest BCUT2D eigenvalue weighted by Gasteiger charge is -2.11. The van der Waals surface area contributed by atoms with E-state index in [0.29, 0.717) is 19.0 Å². The molecular formula is C13H22N4O3S. The van der Waals surface area contributed by atoms with E-state index >= 15 is 0 Å². The zero-order valence-electron chi connectivity index (χ0n) is 12.3. The van der Waals surface area contributed by atoms with Gasteiger partial charge in [-0.3, -0.25) is 0 Å². The lowest BCUT2D eigenvalue weighted by molar-refractivity contribution is 0.410. The molecule has 1 aromatic rings. The highest BCUT2D eigenvalue weighted by Gasteiger charge is 2.05. The van der Waals surface area contributed by atoms with Crippen LogP contribution >= 0.6 is 0 Å². The highest BCUT2D eigenvalue weighted by molar-refractivity contribution is 7.89. The number of nitrogens with zero attached hydrogens (tertiary/aromatic N) is 1. The summed E-state index contributed by atoms with van der Waals surface area (Å²) in [6.07, 6.45) is 0. The van der Waals surface area contributed by atoms with E-state index in [2.05, 4.69) is 15.6 Å². The minimum atomic E-state index is -3.48. The minimum Gasteiger partial charge on any atom is -0.496 e. The van der Waals surface area contributed by atoms with Crippen LogP contribution in [0.1, 0.15) is 12.5 Å². The Morgan fingerprint density at radius 3 is 2.67 bits per heavy atom. The Bertz CT molecular complexity index is 573. The van der Waals surface area contributed by atoms with Crippen molar-refractivity contribution in [3.05, 3.63) is 29.8 Å². The van der Waals surface area contributed by atoms with Gasteiger partial charge in [0.15, 0.2) is 5.96 Å². The van der Waals surface area contributed by atoms with Gasteiger partial charge in [-0.2, -0.15) is 0 Å². The molecule has 0 aliphatic heterocycles. The summed E-state index contributed by atoms with van der Waals surface area (Å²) in [5.41, 5.74) is 0.948. The topological polar surface area (TPSA) is 106 Å². The molecule has 0 saturated carbocycles. The first-order valence-electron chi connectivity index (χ1n) is 6.61. The van der Waals surface area contributed by atoms with Crippen LogP contribution < -0.4 is 20.5 Å². The summed E-state index contributed by atoms with van der Waals surface area (Å²) in [4.78, 5) is 4.39. The zero-order chi connectivity index (χ0) is 15.7. The first kappa shape index (κ1) is 17.3. The van der Waals surface area contributed by atoms with Gasteiger partial charge < -0.3 is 15.4 Å². The molecule has 8 heteroatoms. The van der Waals surface area contributed by atoms with Gasteiger partial charge in [0.1, 0.15) is 5.75 Å². The molecule has 0 fully saturated rings. The Morgan fingerprint density at radius 1 is 1.33 bits per heavy atom. The molecule has 1 aromatic carbocycles. The summed E-state index contributed by atoms with van der Waals surface area (Å²) in [5.74, 6) is 1.15. The van der Waals surface area contributed by atoms with E-state index in [4.69, 9.17) is 9.88 Å². The van der Waals surface area contributed by atoms with E-state index in [9.17, 15) is 8.42 Å². The number of hydrogen-bond acceptors (Lipinski definition) is 4. The molecule has 0 bridgehead atoms. The van der Waals surface area contributed by atoms with Crippen molar-refractivity contribution in [2.24, 2.45) is 10.1 Å². The molecule has 0 spiro atoms. The number of rotatable bonds is 7. The van der Waals surface area contributed by atoms with Crippen LogP contribution in [0.15, 0.2) is 29.3 Å². The van der Waals surface area contributed by atoms with E-state index in [-0.39, 0.29) is 12.3 Å². The van der Waals surface area contributed by atoms with Crippen LogP contribution in [0.2, 0.25) is 0 Å². The molecule has 0 atom stereocenters. The summed E-state index contributed by atoms with van der Waals surface area (Å²) >= 11 is 0. The maximum absolute atomic E-state index is 10.9. The number of nitrogens with one attached hydrogen (secondary N) is 2. The summed E-state index contributed by atoms with van der Waals surface area (Å²) in [5, 5.41) is 10.9. The van der Waals surface area contributed by atoms with Crippen LogP contribution in [-0.4, -0.2) is 40.3 Å². The molecule has 0 unspecified atom stereocenters. The SMILES string of the molecule is CCNC(=NCc1ccccc1OC)NCCS(N)(=O)=O. The van der Waals surface area contributed by atoms with Gasteiger partial charge in [0.2, 0.25) is 10.0 Å². The van der Waals surface area contributed by atoms with Crippen molar-refractivity contribution in [1.29, 1.82) is 0 Å². The molecule has 118 valence electrons. The third-order valence-corrected chi connectivity index (χ3v) is 3.40. The molecule has 0 aromatic heterocycles. The first-order valence-corrected chi connectivity index (χ1v) is 8.32.